The Bertz CT molecular complexity index is 281. The van der Waals surface area contributed by atoms with Gasteiger partial charge in [0.25, 0.3) is 0 Å². The summed E-state index contributed by atoms with van der Waals surface area (Å²) < 4.78 is 15.5. The van der Waals surface area contributed by atoms with Gasteiger partial charge in [-0.1, -0.05) is 25.3 Å². The Morgan fingerprint density at radius 3 is 2.64 bits per heavy atom. The Hall–Kier alpha value is -0.870. The van der Waals surface area contributed by atoms with Gasteiger partial charge in [-0.25, -0.2) is 0 Å². The molecule has 4 N–H and O–H groups in total. The van der Waals surface area contributed by atoms with Crippen LogP contribution < -0.4 is 5.73 Å². The third-order valence-electron chi connectivity index (χ3n) is 1.29. The van der Waals surface area contributed by atoms with E-state index in [1.165, 1.54) is 12.2 Å². The van der Waals surface area contributed by atoms with Crippen LogP contribution in [-0.4, -0.2) is 22.2 Å². The van der Waals surface area contributed by atoms with Crippen molar-refractivity contribution >= 4 is 7.60 Å². The van der Waals surface area contributed by atoms with E-state index in [2.05, 4.69) is 13.2 Å². The van der Waals surface area contributed by atoms with E-state index in [1.54, 1.807) is 6.08 Å². The molecule has 0 saturated carbocycles. The van der Waals surface area contributed by atoms with Gasteiger partial charge in [-0.3, -0.25) is 4.57 Å². The number of ether oxygens (including phenoxy) is 1. The van der Waals surface area contributed by atoms with Gasteiger partial charge in [0.15, 0.2) is 0 Å². The highest BCUT2D eigenvalue weighted by molar-refractivity contribution is 7.52. The average molecular weight is 219 g/mol. The molecule has 0 aliphatic rings. The number of hydrogen-bond donors (Lipinski definition) is 3. The maximum Gasteiger partial charge on any atom is 0.345 e. The van der Waals surface area contributed by atoms with Gasteiger partial charge in [0.2, 0.25) is 0 Å². The molecule has 0 aromatic carbocycles. The second kappa shape index (κ2) is 5.78. The molecule has 1 atom stereocenters. The molecular formula is C8H14NO4P. The van der Waals surface area contributed by atoms with Gasteiger partial charge in [0.1, 0.15) is 18.1 Å². The molecule has 0 rings (SSSR count). The Labute approximate surface area is 82.7 Å². The molecule has 0 aliphatic carbocycles. The van der Waals surface area contributed by atoms with Crippen LogP contribution in [0.1, 0.15) is 0 Å². The van der Waals surface area contributed by atoms with Crippen LogP contribution >= 0.6 is 7.60 Å². The number of nitrogens with two attached hydrogens (primary N) is 1. The fourth-order valence-electron chi connectivity index (χ4n) is 0.513. The SMILES string of the molecule is C=C/C=C\C(=C)OCC(N)P(=O)(O)O. The molecule has 0 saturated heterocycles. The lowest BCUT2D eigenvalue weighted by molar-refractivity contribution is 0.212. The van der Waals surface area contributed by atoms with E-state index in [1.807, 2.05) is 0 Å². The lowest BCUT2D eigenvalue weighted by Gasteiger charge is -2.14. The quantitative estimate of drug-likeness (QED) is 0.347. The molecule has 0 radical (unpaired) electrons. The first kappa shape index (κ1) is 13.1. The summed E-state index contributed by atoms with van der Waals surface area (Å²) in [5.41, 5.74) is 5.15. The van der Waals surface area contributed by atoms with Gasteiger partial charge in [-0.05, 0) is 6.08 Å². The van der Waals surface area contributed by atoms with Gasteiger partial charge in [-0.15, -0.1) is 0 Å². The van der Waals surface area contributed by atoms with Crippen molar-refractivity contribution in [3.05, 3.63) is 37.1 Å². The topological polar surface area (TPSA) is 92.8 Å². The summed E-state index contributed by atoms with van der Waals surface area (Å²) in [5, 5.41) is 0. The highest BCUT2D eigenvalue weighted by atomic mass is 31.2. The maximum absolute atomic E-state index is 10.6. The van der Waals surface area contributed by atoms with Crippen molar-refractivity contribution in [2.75, 3.05) is 6.61 Å². The molecule has 5 nitrogen and oxygen atoms in total. The molecule has 6 heteroatoms. The summed E-state index contributed by atoms with van der Waals surface area (Å²) in [6, 6.07) is 0. The maximum atomic E-state index is 10.6. The van der Waals surface area contributed by atoms with Gasteiger partial charge >= 0.3 is 7.60 Å². The van der Waals surface area contributed by atoms with Crippen LogP contribution in [0, 0.1) is 0 Å². The standard InChI is InChI=1S/C8H14NO4P/c1-3-4-5-7(2)13-6-8(9)14(10,11)12/h3-5,8H,1-2,6,9H2,(H2,10,11,12)/b5-4-. The second-order valence-electron chi connectivity index (χ2n) is 2.53. The van der Waals surface area contributed by atoms with E-state index in [0.29, 0.717) is 0 Å². The summed E-state index contributed by atoms with van der Waals surface area (Å²) in [6.07, 6.45) is 4.63. The molecular weight excluding hydrogens is 205 g/mol. The van der Waals surface area contributed by atoms with Gasteiger partial charge in [0, 0.05) is 0 Å². The van der Waals surface area contributed by atoms with E-state index in [0.717, 1.165) is 0 Å². The van der Waals surface area contributed by atoms with Crippen molar-refractivity contribution in [2.45, 2.75) is 5.78 Å². The molecule has 0 aromatic heterocycles. The number of rotatable bonds is 6. The third kappa shape index (κ3) is 5.72. The monoisotopic (exact) mass is 219 g/mol. The fraction of sp³-hybridized carbons (Fsp3) is 0.250. The first-order chi connectivity index (χ1) is 6.38. The Kier molecular flexibility index (Phi) is 5.42. The molecule has 14 heavy (non-hydrogen) atoms. The molecule has 80 valence electrons. The van der Waals surface area contributed by atoms with Crippen LogP contribution in [-0.2, 0) is 9.30 Å². The first-order valence-electron chi connectivity index (χ1n) is 3.79. The minimum Gasteiger partial charge on any atom is -0.492 e. The molecule has 0 amide bonds. The zero-order valence-corrected chi connectivity index (χ0v) is 8.56. The smallest absolute Gasteiger partial charge is 0.345 e. The predicted octanol–water partition coefficient (Wildman–Crippen LogP) is 0.721. The lowest BCUT2D eigenvalue weighted by Crippen LogP contribution is -2.25. The normalized spacial score (nSPS) is 13.9. The molecule has 0 heterocycles. The van der Waals surface area contributed by atoms with Crippen LogP contribution in [0.4, 0.5) is 0 Å². The summed E-state index contributed by atoms with van der Waals surface area (Å²) in [6.45, 7) is 6.64. The van der Waals surface area contributed by atoms with Crippen molar-refractivity contribution in [1.29, 1.82) is 0 Å². The van der Waals surface area contributed by atoms with Gasteiger partial charge in [-0.2, -0.15) is 0 Å². The summed E-state index contributed by atoms with van der Waals surface area (Å²) in [4.78, 5) is 17.2. The zero-order chi connectivity index (χ0) is 11.2. The predicted molar refractivity (Wildman–Crippen MR) is 54.4 cm³/mol. The highest BCUT2D eigenvalue weighted by Crippen LogP contribution is 2.38. The van der Waals surface area contributed by atoms with Crippen LogP contribution in [0.5, 0.6) is 0 Å². The lowest BCUT2D eigenvalue weighted by atomic mass is 10.4. The molecule has 0 fully saturated rings. The zero-order valence-electron chi connectivity index (χ0n) is 7.67. The van der Waals surface area contributed by atoms with Crippen LogP contribution in [0.3, 0.4) is 0 Å². The number of hydrogen-bond acceptors (Lipinski definition) is 3. The van der Waals surface area contributed by atoms with Crippen LogP contribution in [0.25, 0.3) is 0 Å². The summed E-state index contributed by atoms with van der Waals surface area (Å²) >= 11 is 0. The van der Waals surface area contributed by atoms with Crippen LogP contribution in [0.15, 0.2) is 37.1 Å². The van der Waals surface area contributed by atoms with Crippen molar-refractivity contribution in [3.8, 4) is 0 Å². The molecule has 0 aromatic rings. The largest absolute Gasteiger partial charge is 0.492 e. The minimum absolute atomic E-state index is 0.272. The average Bonchev–Trinajstić information content (AvgIpc) is 2.09. The summed E-state index contributed by atoms with van der Waals surface area (Å²) in [5.74, 6) is -1.05. The molecule has 1 unspecified atom stereocenters. The molecule has 0 aliphatic heterocycles. The highest BCUT2D eigenvalue weighted by Gasteiger charge is 2.24. The van der Waals surface area contributed by atoms with E-state index < -0.39 is 13.4 Å². The van der Waals surface area contributed by atoms with Gasteiger partial charge < -0.3 is 20.3 Å². The second-order valence-corrected chi connectivity index (χ2v) is 4.37. The van der Waals surface area contributed by atoms with Crippen molar-refractivity contribution in [2.24, 2.45) is 5.73 Å². The molecule has 0 bridgehead atoms. The Balaban J connectivity index is 3.95. The third-order valence-corrected chi connectivity index (χ3v) is 2.30. The van der Waals surface area contributed by atoms with E-state index in [-0.39, 0.29) is 12.4 Å². The summed E-state index contributed by atoms with van der Waals surface area (Å²) in [7, 11) is -4.27. The van der Waals surface area contributed by atoms with E-state index in [9.17, 15) is 4.57 Å². The minimum atomic E-state index is -4.27. The first-order valence-corrected chi connectivity index (χ1v) is 5.47. The fourth-order valence-corrected chi connectivity index (χ4v) is 0.782. The van der Waals surface area contributed by atoms with Crippen molar-refractivity contribution < 1.29 is 19.1 Å². The van der Waals surface area contributed by atoms with Crippen molar-refractivity contribution in [1.82, 2.24) is 0 Å². The van der Waals surface area contributed by atoms with Gasteiger partial charge in [0.05, 0.1) is 0 Å². The van der Waals surface area contributed by atoms with E-state index >= 15 is 0 Å². The van der Waals surface area contributed by atoms with E-state index in [4.69, 9.17) is 20.3 Å². The number of allylic oxidation sites excluding steroid dienone is 3. The molecule has 0 spiro atoms. The van der Waals surface area contributed by atoms with Crippen LogP contribution in [0.2, 0.25) is 0 Å². The Morgan fingerprint density at radius 2 is 2.21 bits per heavy atom. The Morgan fingerprint density at radius 1 is 1.64 bits per heavy atom. The van der Waals surface area contributed by atoms with Crippen molar-refractivity contribution in [3.63, 3.8) is 0 Å².